The van der Waals surface area contributed by atoms with Crippen molar-refractivity contribution in [1.82, 2.24) is 19.9 Å². The number of amides is 1. The first-order valence-corrected chi connectivity index (χ1v) is 6.96. The molecule has 1 amide bonds. The highest BCUT2D eigenvalue weighted by Gasteiger charge is 2.26. The first-order valence-electron chi connectivity index (χ1n) is 6.96. The Morgan fingerprint density at radius 1 is 1.19 bits per heavy atom. The van der Waals surface area contributed by atoms with Gasteiger partial charge < -0.3 is 9.64 Å². The SMILES string of the molecule is O=C(c1ncccn1)N1CCCC(Oc2ccncc2)C1. The average molecular weight is 284 g/mol. The number of carbonyl (C=O) groups excluding carboxylic acids is 1. The van der Waals surface area contributed by atoms with Gasteiger partial charge in [-0.3, -0.25) is 9.78 Å². The maximum absolute atomic E-state index is 12.3. The highest BCUT2D eigenvalue weighted by Crippen LogP contribution is 2.18. The number of ether oxygens (including phenoxy) is 1. The summed E-state index contributed by atoms with van der Waals surface area (Å²) in [5.74, 6) is 0.876. The van der Waals surface area contributed by atoms with Gasteiger partial charge in [-0.15, -0.1) is 0 Å². The molecule has 0 aromatic carbocycles. The Labute approximate surface area is 122 Å². The van der Waals surface area contributed by atoms with Gasteiger partial charge in [0.15, 0.2) is 0 Å². The van der Waals surface area contributed by atoms with Crippen molar-refractivity contribution in [2.45, 2.75) is 18.9 Å². The summed E-state index contributed by atoms with van der Waals surface area (Å²) < 4.78 is 5.90. The van der Waals surface area contributed by atoms with Crippen LogP contribution in [0.1, 0.15) is 23.5 Å². The second kappa shape index (κ2) is 6.30. The molecule has 6 nitrogen and oxygen atoms in total. The summed E-state index contributed by atoms with van der Waals surface area (Å²) in [5, 5.41) is 0. The number of nitrogens with zero attached hydrogens (tertiary/aromatic N) is 4. The average Bonchev–Trinajstić information content (AvgIpc) is 2.56. The van der Waals surface area contributed by atoms with Crippen LogP contribution >= 0.6 is 0 Å². The second-order valence-corrected chi connectivity index (χ2v) is 4.89. The van der Waals surface area contributed by atoms with E-state index in [1.807, 2.05) is 12.1 Å². The number of piperidine rings is 1. The number of rotatable bonds is 3. The van der Waals surface area contributed by atoms with Crippen LogP contribution in [0, 0.1) is 0 Å². The van der Waals surface area contributed by atoms with Crippen molar-refractivity contribution in [3.8, 4) is 5.75 Å². The molecular weight excluding hydrogens is 268 g/mol. The first kappa shape index (κ1) is 13.5. The van der Waals surface area contributed by atoms with Gasteiger partial charge in [-0.2, -0.15) is 0 Å². The number of carbonyl (C=O) groups is 1. The van der Waals surface area contributed by atoms with Crippen LogP contribution in [-0.4, -0.2) is 45.0 Å². The maximum Gasteiger partial charge on any atom is 0.291 e. The minimum Gasteiger partial charge on any atom is -0.488 e. The van der Waals surface area contributed by atoms with E-state index in [9.17, 15) is 4.79 Å². The fourth-order valence-electron chi connectivity index (χ4n) is 2.38. The monoisotopic (exact) mass is 284 g/mol. The van der Waals surface area contributed by atoms with E-state index in [4.69, 9.17) is 4.74 Å². The molecule has 1 unspecified atom stereocenters. The Hall–Kier alpha value is -2.50. The normalized spacial score (nSPS) is 18.3. The van der Waals surface area contributed by atoms with Crippen molar-refractivity contribution >= 4 is 5.91 Å². The zero-order valence-electron chi connectivity index (χ0n) is 11.6. The van der Waals surface area contributed by atoms with Gasteiger partial charge in [0, 0.05) is 31.3 Å². The zero-order valence-corrected chi connectivity index (χ0v) is 11.6. The van der Waals surface area contributed by atoms with E-state index in [2.05, 4.69) is 15.0 Å². The minimum absolute atomic E-state index is 0.00573. The predicted octanol–water partition coefficient (Wildman–Crippen LogP) is 1.56. The summed E-state index contributed by atoms with van der Waals surface area (Å²) in [7, 11) is 0. The van der Waals surface area contributed by atoms with E-state index in [-0.39, 0.29) is 17.8 Å². The molecule has 1 saturated heterocycles. The van der Waals surface area contributed by atoms with Gasteiger partial charge in [-0.25, -0.2) is 9.97 Å². The van der Waals surface area contributed by atoms with Crippen LogP contribution in [0.3, 0.4) is 0 Å². The highest BCUT2D eigenvalue weighted by molar-refractivity contribution is 5.90. The van der Waals surface area contributed by atoms with Gasteiger partial charge in [0.25, 0.3) is 5.91 Å². The Morgan fingerprint density at radius 2 is 1.95 bits per heavy atom. The van der Waals surface area contributed by atoms with Gasteiger partial charge in [-0.1, -0.05) is 0 Å². The van der Waals surface area contributed by atoms with Crippen molar-refractivity contribution in [2.75, 3.05) is 13.1 Å². The van der Waals surface area contributed by atoms with Crippen LogP contribution in [0.5, 0.6) is 5.75 Å². The third-order valence-corrected chi connectivity index (χ3v) is 3.37. The number of hydrogen-bond donors (Lipinski definition) is 0. The standard InChI is InChI=1S/C15H16N4O2/c20-15(14-17-6-2-7-18-14)19-10-1-3-13(11-19)21-12-4-8-16-9-5-12/h2,4-9,13H,1,3,10-11H2. The molecule has 2 aromatic rings. The molecule has 0 aliphatic carbocycles. The van der Waals surface area contributed by atoms with Crippen LogP contribution in [-0.2, 0) is 0 Å². The Morgan fingerprint density at radius 3 is 2.71 bits per heavy atom. The van der Waals surface area contributed by atoms with Crippen molar-refractivity contribution in [3.63, 3.8) is 0 Å². The lowest BCUT2D eigenvalue weighted by atomic mass is 10.1. The quantitative estimate of drug-likeness (QED) is 0.855. The van der Waals surface area contributed by atoms with E-state index in [0.717, 1.165) is 18.6 Å². The molecule has 1 atom stereocenters. The lowest BCUT2D eigenvalue weighted by Crippen LogP contribution is -2.44. The predicted molar refractivity (Wildman–Crippen MR) is 75.8 cm³/mol. The molecule has 0 bridgehead atoms. The van der Waals surface area contributed by atoms with Crippen LogP contribution in [0.25, 0.3) is 0 Å². The molecule has 6 heteroatoms. The highest BCUT2D eigenvalue weighted by atomic mass is 16.5. The van der Waals surface area contributed by atoms with Crippen LogP contribution in [0.4, 0.5) is 0 Å². The third-order valence-electron chi connectivity index (χ3n) is 3.37. The number of hydrogen-bond acceptors (Lipinski definition) is 5. The second-order valence-electron chi connectivity index (χ2n) is 4.89. The fraction of sp³-hybridized carbons (Fsp3) is 0.333. The van der Waals surface area contributed by atoms with E-state index in [1.54, 1.807) is 35.8 Å². The first-order chi connectivity index (χ1) is 10.3. The molecule has 21 heavy (non-hydrogen) atoms. The molecule has 0 radical (unpaired) electrons. The van der Waals surface area contributed by atoms with Gasteiger partial charge in [0.05, 0.1) is 6.54 Å². The summed E-state index contributed by atoms with van der Waals surface area (Å²) in [5.41, 5.74) is 0. The molecule has 3 heterocycles. The molecule has 1 aliphatic heterocycles. The van der Waals surface area contributed by atoms with Crippen LogP contribution in [0.15, 0.2) is 43.0 Å². The Bertz CT molecular complexity index is 591. The van der Waals surface area contributed by atoms with Gasteiger partial charge in [0.2, 0.25) is 5.82 Å². The van der Waals surface area contributed by atoms with E-state index >= 15 is 0 Å². The van der Waals surface area contributed by atoms with Crippen molar-refractivity contribution in [3.05, 3.63) is 48.8 Å². The summed E-state index contributed by atoms with van der Waals surface area (Å²) in [4.78, 5) is 26.1. The largest absolute Gasteiger partial charge is 0.488 e. The Balaban J connectivity index is 1.64. The third kappa shape index (κ3) is 3.34. The molecule has 1 fully saturated rings. The number of pyridine rings is 1. The lowest BCUT2D eigenvalue weighted by Gasteiger charge is -2.32. The van der Waals surface area contributed by atoms with Gasteiger partial charge >= 0.3 is 0 Å². The fourth-order valence-corrected chi connectivity index (χ4v) is 2.38. The summed E-state index contributed by atoms with van der Waals surface area (Å²) >= 11 is 0. The Kier molecular flexibility index (Phi) is 4.04. The van der Waals surface area contributed by atoms with Crippen LogP contribution < -0.4 is 4.74 Å². The molecule has 0 saturated carbocycles. The maximum atomic E-state index is 12.3. The summed E-state index contributed by atoms with van der Waals surface area (Å²) in [6, 6.07) is 5.34. The molecule has 3 rings (SSSR count). The van der Waals surface area contributed by atoms with E-state index in [0.29, 0.717) is 13.1 Å². The number of aromatic nitrogens is 3. The molecule has 0 N–H and O–H groups in total. The van der Waals surface area contributed by atoms with E-state index in [1.165, 1.54) is 0 Å². The van der Waals surface area contributed by atoms with Crippen LogP contribution in [0.2, 0.25) is 0 Å². The topological polar surface area (TPSA) is 68.2 Å². The van der Waals surface area contributed by atoms with Gasteiger partial charge in [0.1, 0.15) is 11.9 Å². The molecular formula is C15H16N4O2. The van der Waals surface area contributed by atoms with Gasteiger partial charge in [-0.05, 0) is 31.0 Å². The summed E-state index contributed by atoms with van der Waals surface area (Å²) in [6.07, 6.45) is 8.38. The zero-order chi connectivity index (χ0) is 14.5. The molecule has 2 aromatic heterocycles. The van der Waals surface area contributed by atoms with Crippen molar-refractivity contribution < 1.29 is 9.53 Å². The summed E-state index contributed by atoms with van der Waals surface area (Å²) in [6.45, 7) is 1.27. The van der Waals surface area contributed by atoms with Crippen molar-refractivity contribution in [1.29, 1.82) is 0 Å². The number of likely N-dealkylation sites (tertiary alicyclic amines) is 1. The molecule has 1 aliphatic rings. The molecule has 0 spiro atoms. The van der Waals surface area contributed by atoms with E-state index < -0.39 is 0 Å². The molecule has 108 valence electrons. The lowest BCUT2D eigenvalue weighted by molar-refractivity contribution is 0.0527. The minimum atomic E-state index is -0.140. The van der Waals surface area contributed by atoms with Crippen molar-refractivity contribution in [2.24, 2.45) is 0 Å². The smallest absolute Gasteiger partial charge is 0.291 e.